The lowest BCUT2D eigenvalue weighted by Crippen LogP contribution is -2.48. The molecule has 2 rings (SSSR count). The molecule has 0 radical (unpaired) electrons. The van der Waals surface area contributed by atoms with E-state index < -0.39 is 0 Å². The first kappa shape index (κ1) is 15.5. The van der Waals surface area contributed by atoms with E-state index in [1.165, 1.54) is 4.68 Å². The molecule has 2 N–H and O–H groups in total. The number of aromatic nitrogens is 3. The number of amides is 2. The first-order valence-electron chi connectivity index (χ1n) is 7.32. The fourth-order valence-electron chi connectivity index (χ4n) is 2.12. The van der Waals surface area contributed by atoms with Gasteiger partial charge in [0.25, 0.3) is 11.8 Å². The van der Waals surface area contributed by atoms with Crippen LogP contribution in [0.3, 0.4) is 0 Å². The Morgan fingerprint density at radius 2 is 2.19 bits per heavy atom. The Morgan fingerprint density at radius 1 is 1.52 bits per heavy atom. The Balaban J connectivity index is 2.26. The highest BCUT2D eigenvalue weighted by molar-refractivity contribution is 6.05. The molecule has 7 nitrogen and oxygen atoms in total. The van der Waals surface area contributed by atoms with Crippen LogP contribution in [0.4, 0.5) is 0 Å². The fourth-order valence-corrected chi connectivity index (χ4v) is 2.12. The van der Waals surface area contributed by atoms with Gasteiger partial charge in [-0.1, -0.05) is 26.0 Å². The largest absolute Gasteiger partial charge is 0.346 e. The van der Waals surface area contributed by atoms with Crippen LogP contribution >= 0.6 is 0 Å². The average Bonchev–Trinajstić information content (AvgIpc) is 2.82. The van der Waals surface area contributed by atoms with Gasteiger partial charge in [0.05, 0.1) is 12.6 Å². The summed E-state index contributed by atoms with van der Waals surface area (Å²) in [5.74, 6) is -0.353. The van der Waals surface area contributed by atoms with Gasteiger partial charge in [0.15, 0.2) is 11.4 Å². The SMILES string of the molecule is CCC(C)(C)NC(=O)c1nnn2c1C(=O)N[C@@H](C(C)C)C2. The molecule has 2 heterocycles. The van der Waals surface area contributed by atoms with Gasteiger partial charge in [0.1, 0.15) is 0 Å². The zero-order valence-corrected chi connectivity index (χ0v) is 13.2. The lowest BCUT2D eigenvalue weighted by atomic mass is 10.0. The molecule has 0 aromatic carbocycles. The molecule has 0 fully saturated rings. The van der Waals surface area contributed by atoms with E-state index in [0.29, 0.717) is 12.5 Å². The summed E-state index contributed by atoms with van der Waals surface area (Å²) in [5, 5.41) is 13.7. The fraction of sp³-hybridized carbons (Fsp3) is 0.714. The van der Waals surface area contributed by atoms with Crippen LogP contribution in [0.25, 0.3) is 0 Å². The molecule has 1 aromatic heterocycles. The maximum Gasteiger partial charge on any atom is 0.274 e. The average molecular weight is 293 g/mol. The number of carbonyl (C=O) groups excluding carboxylic acids is 2. The molecule has 0 spiro atoms. The lowest BCUT2D eigenvalue weighted by Gasteiger charge is -2.27. The van der Waals surface area contributed by atoms with Crippen LogP contribution in [0, 0.1) is 5.92 Å². The van der Waals surface area contributed by atoms with Crippen molar-refractivity contribution in [3.05, 3.63) is 11.4 Å². The minimum atomic E-state index is -0.360. The van der Waals surface area contributed by atoms with Gasteiger partial charge in [-0.15, -0.1) is 5.10 Å². The molecule has 116 valence electrons. The van der Waals surface area contributed by atoms with E-state index >= 15 is 0 Å². The molecule has 7 heteroatoms. The smallest absolute Gasteiger partial charge is 0.274 e. The summed E-state index contributed by atoms with van der Waals surface area (Å²) < 4.78 is 1.53. The Kier molecular flexibility index (Phi) is 4.02. The molecule has 1 atom stereocenters. The van der Waals surface area contributed by atoms with Crippen LogP contribution in [0.5, 0.6) is 0 Å². The van der Waals surface area contributed by atoms with Gasteiger partial charge >= 0.3 is 0 Å². The normalized spacial score (nSPS) is 18.4. The zero-order valence-electron chi connectivity index (χ0n) is 13.2. The molecule has 0 aliphatic carbocycles. The minimum absolute atomic E-state index is 0.00898. The van der Waals surface area contributed by atoms with Crippen molar-refractivity contribution in [1.29, 1.82) is 0 Å². The van der Waals surface area contributed by atoms with Crippen molar-refractivity contribution < 1.29 is 9.59 Å². The van der Waals surface area contributed by atoms with Crippen molar-refractivity contribution in [2.45, 2.75) is 59.2 Å². The number of fused-ring (bicyclic) bond motifs is 1. The second-order valence-electron chi connectivity index (χ2n) is 6.48. The number of nitrogens with one attached hydrogen (secondary N) is 2. The van der Waals surface area contributed by atoms with Gasteiger partial charge in [-0.3, -0.25) is 9.59 Å². The van der Waals surface area contributed by atoms with E-state index in [2.05, 4.69) is 20.9 Å². The van der Waals surface area contributed by atoms with Crippen LogP contribution in [0.1, 0.15) is 62.0 Å². The topological polar surface area (TPSA) is 88.9 Å². The van der Waals surface area contributed by atoms with Gasteiger partial charge in [-0.25, -0.2) is 4.68 Å². The van der Waals surface area contributed by atoms with Crippen LogP contribution in [0.15, 0.2) is 0 Å². The zero-order chi connectivity index (χ0) is 15.8. The van der Waals surface area contributed by atoms with E-state index in [9.17, 15) is 9.59 Å². The molecule has 21 heavy (non-hydrogen) atoms. The number of hydrogen-bond acceptors (Lipinski definition) is 4. The minimum Gasteiger partial charge on any atom is -0.346 e. The molecule has 0 bridgehead atoms. The Hall–Kier alpha value is -1.92. The summed E-state index contributed by atoms with van der Waals surface area (Å²) in [7, 11) is 0. The van der Waals surface area contributed by atoms with Gasteiger partial charge in [0, 0.05) is 5.54 Å². The molecule has 2 amide bonds. The second kappa shape index (κ2) is 5.46. The summed E-state index contributed by atoms with van der Waals surface area (Å²) in [6.45, 7) is 10.4. The van der Waals surface area contributed by atoms with E-state index in [1.807, 2.05) is 34.6 Å². The number of carbonyl (C=O) groups is 2. The molecular weight excluding hydrogens is 270 g/mol. The number of rotatable bonds is 4. The summed E-state index contributed by atoms with van der Waals surface area (Å²) in [5.41, 5.74) is -0.00771. The highest BCUT2D eigenvalue weighted by Crippen LogP contribution is 2.17. The molecule has 0 saturated carbocycles. The molecule has 1 aromatic rings. The van der Waals surface area contributed by atoms with Crippen molar-refractivity contribution >= 4 is 11.8 Å². The lowest BCUT2D eigenvalue weighted by molar-refractivity contribution is 0.0851. The molecule has 1 aliphatic rings. The van der Waals surface area contributed by atoms with E-state index in [4.69, 9.17) is 0 Å². The van der Waals surface area contributed by atoms with E-state index in [0.717, 1.165) is 6.42 Å². The van der Waals surface area contributed by atoms with E-state index in [-0.39, 0.29) is 34.8 Å². The quantitative estimate of drug-likeness (QED) is 0.865. The monoisotopic (exact) mass is 293 g/mol. The molecular formula is C14H23N5O2. The Morgan fingerprint density at radius 3 is 2.76 bits per heavy atom. The standard InChI is InChI=1S/C14H23N5O2/c1-6-14(4,5)16-12(20)10-11-13(21)15-9(8(2)3)7-19(11)18-17-10/h8-9H,6-7H2,1-5H3,(H,15,21)(H,16,20)/t9-/m1/s1. The van der Waals surface area contributed by atoms with Crippen LogP contribution < -0.4 is 10.6 Å². The second-order valence-corrected chi connectivity index (χ2v) is 6.48. The van der Waals surface area contributed by atoms with Crippen molar-refractivity contribution in [3.8, 4) is 0 Å². The maximum absolute atomic E-state index is 12.3. The summed E-state index contributed by atoms with van der Waals surface area (Å²) >= 11 is 0. The Labute approximate surface area is 124 Å². The third-order valence-electron chi connectivity index (χ3n) is 3.99. The van der Waals surface area contributed by atoms with Gasteiger partial charge in [-0.2, -0.15) is 0 Å². The first-order chi connectivity index (χ1) is 9.75. The Bertz CT molecular complexity index is 562. The van der Waals surface area contributed by atoms with Crippen LogP contribution in [0.2, 0.25) is 0 Å². The highest BCUT2D eigenvalue weighted by Gasteiger charge is 2.34. The number of hydrogen-bond donors (Lipinski definition) is 2. The van der Waals surface area contributed by atoms with Crippen molar-refractivity contribution in [1.82, 2.24) is 25.6 Å². The third kappa shape index (κ3) is 3.06. The van der Waals surface area contributed by atoms with Gasteiger partial charge in [-0.05, 0) is 26.2 Å². The molecule has 1 aliphatic heterocycles. The highest BCUT2D eigenvalue weighted by atomic mass is 16.2. The molecule has 0 saturated heterocycles. The van der Waals surface area contributed by atoms with Gasteiger partial charge < -0.3 is 10.6 Å². The van der Waals surface area contributed by atoms with Gasteiger partial charge in [0.2, 0.25) is 0 Å². The predicted octanol–water partition coefficient (Wildman–Crippen LogP) is 0.964. The van der Waals surface area contributed by atoms with E-state index in [1.54, 1.807) is 0 Å². The number of nitrogens with zero attached hydrogens (tertiary/aromatic N) is 3. The van der Waals surface area contributed by atoms with Crippen LogP contribution in [-0.4, -0.2) is 38.4 Å². The van der Waals surface area contributed by atoms with Crippen LogP contribution in [-0.2, 0) is 6.54 Å². The van der Waals surface area contributed by atoms with Crippen molar-refractivity contribution in [2.75, 3.05) is 0 Å². The maximum atomic E-state index is 12.3. The third-order valence-corrected chi connectivity index (χ3v) is 3.99. The van der Waals surface area contributed by atoms with Crippen molar-refractivity contribution in [2.24, 2.45) is 5.92 Å². The molecule has 0 unspecified atom stereocenters. The summed E-state index contributed by atoms with van der Waals surface area (Å²) in [6.07, 6.45) is 0.782. The summed E-state index contributed by atoms with van der Waals surface area (Å²) in [6, 6.07) is 0.00898. The first-order valence-corrected chi connectivity index (χ1v) is 7.32. The van der Waals surface area contributed by atoms with Crippen molar-refractivity contribution in [3.63, 3.8) is 0 Å². The predicted molar refractivity (Wildman–Crippen MR) is 78.0 cm³/mol. The summed E-state index contributed by atoms with van der Waals surface area (Å²) in [4.78, 5) is 24.5.